The molecule has 5 aliphatic carbocycles. The largest absolute Gasteiger partial charge is 0.465 e. The van der Waals surface area contributed by atoms with Crippen LogP contribution in [0.1, 0.15) is 63.9 Å². The molecular formula is C29H35ClN2O5. The van der Waals surface area contributed by atoms with Crippen LogP contribution in [0.25, 0.3) is 0 Å². The summed E-state index contributed by atoms with van der Waals surface area (Å²) >= 11 is 6.61. The van der Waals surface area contributed by atoms with E-state index in [1.165, 1.54) is 6.42 Å². The first-order valence-corrected chi connectivity index (χ1v) is 14.4. The standard InChI is InChI=1S/C29H35ClN2O5/c1-2-37-26(35)27(6-7-27)25(34)31-21-4-3-16(22(30)11-21)9-17-5-8-32(24(17)33)23-18-10-20-15-29(36)14-19(23)13-28(20,29)12-18/h3-4,11,17-20,23,36H,2,5-10,12-15H2,1H3,(H,31,34). The number of hydrogen-bond acceptors (Lipinski definition) is 5. The van der Waals surface area contributed by atoms with Crippen molar-refractivity contribution in [1.82, 2.24) is 4.90 Å². The van der Waals surface area contributed by atoms with E-state index in [1.807, 2.05) is 6.07 Å². The van der Waals surface area contributed by atoms with Gasteiger partial charge in [-0.05, 0) is 100 Å². The molecule has 0 radical (unpaired) electrons. The number of nitrogens with zero attached hydrogens (tertiary/aromatic N) is 1. The zero-order valence-corrected chi connectivity index (χ0v) is 22.1. The monoisotopic (exact) mass is 526 g/mol. The van der Waals surface area contributed by atoms with Crippen molar-refractivity contribution in [3.63, 3.8) is 0 Å². The van der Waals surface area contributed by atoms with E-state index >= 15 is 0 Å². The van der Waals surface area contributed by atoms with Crippen molar-refractivity contribution in [1.29, 1.82) is 0 Å². The van der Waals surface area contributed by atoms with Crippen LogP contribution in [-0.2, 0) is 25.5 Å². The Bertz CT molecular complexity index is 1190. The van der Waals surface area contributed by atoms with Crippen LogP contribution >= 0.6 is 11.6 Å². The number of carbonyl (C=O) groups is 3. The van der Waals surface area contributed by atoms with Gasteiger partial charge in [-0.2, -0.15) is 0 Å². The summed E-state index contributed by atoms with van der Waals surface area (Å²) in [5.41, 5.74) is 0.0637. The summed E-state index contributed by atoms with van der Waals surface area (Å²) in [5.74, 6) is 0.960. The Balaban J connectivity index is 1.01. The lowest BCUT2D eigenvalue weighted by atomic mass is 9.53. The summed E-state index contributed by atoms with van der Waals surface area (Å²) in [6.07, 6.45) is 7.60. The smallest absolute Gasteiger partial charge is 0.321 e. The molecule has 1 aliphatic heterocycles. The van der Waals surface area contributed by atoms with Crippen LogP contribution in [0.3, 0.4) is 0 Å². The second-order valence-corrected chi connectivity index (χ2v) is 13.1. The number of amides is 2. The van der Waals surface area contributed by atoms with Crippen LogP contribution in [0, 0.1) is 34.5 Å². The third-order valence-electron chi connectivity index (χ3n) is 11.0. The average Bonchev–Trinajstić information content (AvgIpc) is 3.50. The lowest BCUT2D eigenvalue weighted by Gasteiger charge is -2.55. The molecule has 37 heavy (non-hydrogen) atoms. The number of fused-ring (bicyclic) bond motifs is 2. The summed E-state index contributed by atoms with van der Waals surface area (Å²) in [4.78, 5) is 40.7. The van der Waals surface area contributed by atoms with Crippen LogP contribution in [0.5, 0.6) is 0 Å². The minimum atomic E-state index is -1.07. The molecule has 1 aromatic rings. The van der Waals surface area contributed by atoms with E-state index in [1.54, 1.807) is 19.1 Å². The van der Waals surface area contributed by atoms with Crippen LogP contribution in [0.4, 0.5) is 5.69 Å². The molecule has 2 amide bonds. The molecule has 7 atom stereocenters. The van der Waals surface area contributed by atoms with Crippen LogP contribution in [0.2, 0.25) is 5.02 Å². The molecule has 0 aromatic heterocycles. The number of anilines is 1. The van der Waals surface area contributed by atoms with Gasteiger partial charge in [-0.15, -0.1) is 0 Å². The Hall–Kier alpha value is -2.12. The average molecular weight is 527 g/mol. The molecule has 2 N–H and O–H groups in total. The van der Waals surface area contributed by atoms with Crippen LogP contribution < -0.4 is 5.32 Å². The van der Waals surface area contributed by atoms with Crippen LogP contribution in [-0.4, -0.2) is 52.6 Å². The van der Waals surface area contributed by atoms with E-state index in [0.29, 0.717) is 47.7 Å². The van der Waals surface area contributed by atoms with Gasteiger partial charge in [-0.3, -0.25) is 14.4 Å². The third-order valence-corrected chi connectivity index (χ3v) is 11.4. The highest BCUT2D eigenvalue weighted by atomic mass is 35.5. The maximum absolute atomic E-state index is 13.6. The Labute approximate surface area is 222 Å². The summed E-state index contributed by atoms with van der Waals surface area (Å²) in [6, 6.07) is 5.66. The number of nitrogens with one attached hydrogen (secondary N) is 1. The molecule has 1 saturated heterocycles. The Morgan fingerprint density at radius 3 is 2.70 bits per heavy atom. The van der Waals surface area contributed by atoms with Gasteiger partial charge in [0, 0.05) is 34.6 Å². The molecule has 6 aliphatic rings. The first-order chi connectivity index (χ1) is 17.7. The molecule has 1 heterocycles. The molecule has 7 unspecified atom stereocenters. The summed E-state index contributed by atoms with van der Waals surface area (Å²) in [7, 11) is 0. The zero-order valence-electron chi connectivity index (χ0n) is 21.3. The minimum absolute atomic E-state index is 0.0939. The van der Waals surface area contributed by atoms with E-state index < -0.39 is 17.0 Å². The maximum atomic E-state index is 13.6. The summed E-state index contributed by atoms with van der Waals surface area (Å²) < 4.78 is 5.08. The topological polar surface area (TPSA) is 95.9 Å². The summed E-state index contributed by atoms with van der Waals surface area (Å²) in [6.45, 7) is 2.77. The molecular weight excluding hydrogens is 492 g/mol. The second kappa shape index (κ2) is 7.95. The fourth-order valence-corrected chi connectivity index (χ4v) is 9.46. The van der Waals surface area contributed by atoms with Crippen molar-refractivity contribution < 1.29 is 24.2 Å². The molecule has 3 bridgehead atoms. The minimum Gasteiger partial charge on any atom is -0.465 e. The number of likely N-dealkylation sites (tertiary alicyclic amines) is 1. The molecule has 6 fully saturated rings. The maximum Gasteiger partial charge on any atom is 0.321 e. The molecule has 5 saturated carbocycles. The number of hydrogen-bond donors (Lipinski definition) is 2. The predicted octanol–water partition coefficient (Wildman–Crippen LogP) is 3.95. The van der Waals surface area contributed by atoms with Crippen LogP contribution in [0.15, 0.2) is 18.2 Å². The molecule has 1 spiro atoms. The lowest BCUT2D eigenvalue weighted by molar-refractivity contribution is -0.176. The van der Waals surface area contributed by atoms with Gasteiger partial charge in [0.15, 0.2) is 0 Å². The fourth-order valence-electron chi connectivity index (χ4n) is 9.21. The van der Waals surface area contributed by atoms with Gasteiger partial charge in [0.25, 0.3) is 0 Å². The highest BCUT2D eigenvalue weighted by Gasteiger charge is 2.76. The normalized spacial score (nSPS) is 39.9. The SMILES string of the molecule is CCOC(=O)C1(C(=O)Nc2ccc(CC3CCN(C4C5CC6CC7(O)CC4CC67C5)C3=O)c(Cl)c2)CC1. The summed E-state index contributed by atoms with van der Waals surface area (Å²) in [5, 5.41) is 14.6. The number of esters is 1. The number of ether oxygens (including phenoxy) is 1. The number of halogens is 1. The fraction of sp³-hybridized carbons (Fsp3) is 0.690. The molecule has 8 heteroatoms. The first-order valence-electron chi connectivity index (χ1n) is 14.0. The van der Waals surface area contributed by atoms with Crippen molar-refractivity contribution in [2.45, 2.75) is 76.4 Å². The molecule has 1 aromatic carbocycles. The van der Waals surface area contributed by atoms with Gasteiger partial charge >= 0.3 is 5.97 Å². The van der Waals surface area contributed by atoms with Crippen molar-refractivity contribution in [3.05, 3.63) is 28.8 Å². The van der Waals surface area contributed by atoms with Gasteiger partial charge in [-0.25, -0.2) is 0 Å². The Morgan fingerprint density at radius 1 is 1.19 bits per heavy atom. The van der Waals surface area contributed by atoms with Crippen molar-refractivity contribution >= 4 is 35.1 Å². The van der Waals surface area contributed by atoms with Gasteiger partial charge < -0.3 is 20.1 Å². The highest BCUT2D eigenvalue weighted by Crippen LogP contribution is 2.77. The van der Waals surface area contributed by atoms with Gasteiger partial charge in [0.2, 0.25) is 11.8 Å². The number of carbonyl (C=O) groups excluding carboxylic acids is 3. The molecule has 7 rings (SSSR count). The van der Waals surface area contributed by atoms with Gasteiger partial charge in [-0.1, -0.05) is 17.7 Å². The van der Waals surface area contributed by atoms with E-state index in [-0.39, 0.29) is 35.8 Å². The Kier molecular flexibility index (Phi) is 5.15. The van der Waals surface area contributed by atoms with Crippen molar-refractivity contribution in [3.8, 4) is 0 Å². The first kappa shape index (κ1) is 24.0. The van der Waals surface area contributed by atoms with Crippen molar-refractivity contribution in [2.24, 2.45) is 34.5 Å². The van der Waals surface area contributed by atoms with E-state index in [0.717, 1.165) is 44.2 Å². The van der Waals surface area contributed by atoms with Gasteiger partial charge in [0.1, 0.15) is 5.41 Å². The highest BCUT2D eigenvalue weighted by molar-refractivity contribution is 6.31. The van der Waals surface area contributed by atoms with E-state index in [2.05, 4.69) is 10.2 Å². The lowest BCUT2D eigenvalue weighted by Crippen LogP contribution is -2.57. The number of benzene rings is 1. The van der Waals surface area contributed by atoms with E-state index in [4.69, 9.17) is 16.3 Å². The third kappa shape index (κ3) is 3.25. The van der Waals surface area contributed by atoms with Crippen molar-refractivity contribution in [2.75, 3.05) is 18.5 Å². The quantitative estimate of drug-likeness (QED) is 0.414. The number of rotatable bonds is 7. The van der Waals surface area contributed by atoms with E-state index in [9.17, 15) is 19.5 Å². The molecule has 7 nitrogen and oxygen atoms in total. The second-order valence-electron chi connectivity index (χ2n) is 12.7. The Morgan fingerprint density at radius 2 is 1.97 bits per heavy atom. The number of aliphatic hydroxyl groups is 1. The van der Waals surface area contributed by atoms with Gasteiger partial charge in [0.05, 0.1) is 12.2 Å². The predicted molar refractivity (Wildman–Crippen MR) is 137 cm³/mol. The molecule has 198 valence electrons. The zero-order chi connectivity index (χ0) is 25.7.